The Bertz CT molecular complexity index is 566. The van der Waals surface area contributed by atoms with Crippen LogP contribution in [0.25, 0.3) is 0 Å². The number of aromatic nitrogens is 2. The van der Waals surface area contributed by atoms with Crippen molar-refractivity contribution in [1.82, 2.24) is 9.97 Å². The number of aliphatic carboxylic acids is 1. The summed E-state index contributed by atoms with van der Waals surface area (Å²) in [7, 11) is 0. The zero-order valence-electron chi connectivity index (χ0n) is 7.61. The quantitative estimate of drug-likeness (QED) is 0.512. The van der Waals surface area contributed by atoms with E-state index in [1.807, 2.05) is 0 Å². The highest BCUT2D eigenvalue weighted by atomic mass is 16.4. The van der Waals surface area contributed by atoms with E-state index in [4.69, 9.17) is 5.11 Å². The Labute approximate surface area is 82.7 Å². The highest BCUT2D eigenvalue weighted by Crippen LogP contribution is 2.14. The van der Waals surface area contributed by atoms with Crippen molar-refractivity contribution in [2.24, 2.45) is 0 Å². The second-order valence-electron chi connectivity index (χ2n) is 3.14. The van der Waals surface area contributed by atoms with Crippen LogP contribution in [-0.4, -0.2) is 38.4 Å². The van der Waals surface area contributed by atoms with Gasteiger partial charge in [-0.2, -0.15) is 4.98 Å². The molecule has 0 aliphatic carbocycles. The fraction of sp³-hybridized carbons (Fsp3) is 0.250. The highest BCUT2D eigenvalue weighted by Gasteiger charge is 2.25. The second kappa shape index (κ2) is 3.19. The van der Waals surface area contributed by atoms with E-state index in [1.165, 1.54) is 4.58 Å². The van der Waals surface area contributed by atoms with Gasteiger partial charge in [0.2, 0.25) is 0 Å². The van der Waals surface area contributed by atoms with E-state index < -0.39 is 17.2 Å². The average molecular weight is 210 g/mol. The van der Waals surface area contributed by atoms with Crippen LogP contribution in [0.4, 0.5) is 5.82 Å². The molecule has 0 unspecified atom stereocenters. The van der Waals surface area contributed by atoms with Crippen LogP contribution < -0.4 is 11.2 Å². The molecule has 1 aromatic heterocycles. The number of nitrogens with zero attached hydrogens (tertiary/aromatic N) is 1. The van der Waals surface area contributed by atoms with Crippen molar-refractivity contribution in [3.05, 3.63) is 26.4 Å². The van der Waals surface area contributed by atoms with Gasteiger partial charge in [0.15, 0.2) is 6.54 Å². The number of carbonyl (C=O) groups is 1. The minimum atomic E-state index is -1.03. The van der Waals surface area contributed by atoms with Crippen LogP contribution in [0.5, 0.6) is 0 Å². The third kappa shape index (κ3) is 1.58. The maximum atomic E-state index is 11.3. The van der Waals surface area contributed by atoms with Crippen molar-refractivity contribution in [3.63, 3.8) is 0 Å². The van der Waals surface area contributed by atoms with Gasteiger partial charge in [0.05, 0.1) is 6.21 Å². The first-order valence-corrected chi connectivity index (χ1v) is 4.25. The van der Waals surface area contributed by atoms with Gasteiger partial charge in [-0.05, 0) is 0 Å². The molecule has 78 valence electrons. The summed E-state index contributed by atoms with van der Waals surface area (Å²) in [6.07, 6.45) is 1.89. The minimum absolute atomic E-state index is 0.270. The molecule has 0 spiro atoms. The van der Waals surface area contributed by atoms with Gasteiger partial charge >= 0.3 is 11.7 Å². The number of fused-ring (bicyclic) bond motifs is 1. The zero-order chi connectivity index (χ0) is 11.0. The smallest absolute Gasteiger partial charge is 0.413 e. The summed E-state index contributed by atoms with van der Waals surface area (Å²) in [6, 6.07) is 0. The molecule has 1 aliphatic heterocycles. The Morgan fingerprint density at radius 1 is 1.47 bits per heavy atom. The fourth-order valence-electron chi connectivity index (χ4n) is 1.52. The summed E-state index contributed by atoms with van der Waals surface area (Å²) in [5.74, 6) is -0.758. The maximum Gasteiger partial charge on any atom is 0.413 e. The Morgan fingerprint density at radius 3 is 2.87 bits per heavy atom. The molecule has 0 amide bonds. The normalized spacial score (nSPS) is 13.5. The topological polar surface area (TPSA) is 106 Å². The van der Waals surface area contributed by atoms with Gasteiger partial charge in [-0.25, -0.2) is 14.2 Å². The van der Waals surface area contributed by atoms with Crippen LogP contribution in [0.3, 0.4) is 0 Å². The number of rotatable bonds is 2. The SMILES string of the molecule is O=C(O)C[N+]1=CCc2c1[nH]c(=O)[nH]c2=O. The number of nitrogens with one attached hydrogen (secondary N) is 2. The number of carboxylic acids is 1. The number of aromatic amines is 2. The predicted octanol–water partition coefficient (Wildman–Crippen LogP) is -1.58. The molecule has 1 aliphatic rings. The van der Waals surface area contributed by atoms with Crippen LogP contribution in [-0.2, 0) is 11.2 Å². The second-order valence-corrected chi connectivity index (χ2v) is 3.14. The van der Waals surface area contributed by atoms with Crippen LogP contribution in [0, 0.1) is 0 Å². The third-order valence-corrected chi connectivity index (χ3v) is 2.13. The number of H-pyrrole nitrogens is 2. The molecule has 0 atom stereocenters. The van der Waals surface area contributed by atoms with E-state index in [-0.39, 0.29) is 12.4 Å². The van der Waals surface area contributed by atoms with Crippen molar-refractivity contribution in [2.75, 3.05) is 6.54 Å². The molecule has 0 fully saturated rings. The van der Waals surface area contributed by atoms with Crippen molar-refractivity contribution >= 4 is 18.0 Å². The Hall–Kier alpha value is -2.18. The molecule has 1 aromatic rings. The lowest BCUT2D eigenvalue weighted by atomic mass is 10.3. The molecular weight excluding hydrogens is 202 g/mol. The lowest BCUT2D eigenvalue weighted by Crippen LogP contribution is -2.26. The van der Waals surface area contributed by atoms with Crippen LogP contribution in [0.2, 0.25) is 0 Å². The largest absolute Gasteiger partial charge is 0.478 e. The van der Waals surface area contributed by atoms with E-state index >= 15 is 0 Å². The molecule has 0 bridgehead atoms. The summed E-state index contributed by atoms with van der Waals surface area (Å²) in [6.45, 7) is -0.271. The van der Waals surface area contributed by atoms with E-state index in [2.05, 4.69) is 9.97 Å². The van der Waals surface area contributed by atoms with Crippen molar-refractivity contribution < 1.29 is 14.5 Å². The van der Waals surface area contributed by atoms with Gasteiger partial charge in [-0.3, -0.25) is 9.78 Å². The van der Waals surface area contributed by atoms with Gasteiger partial charge < -0.3 is 5.11 Å². The molecule has 15 heavy (non-hydrogen) atoms. The van der Waals surface area contributed by atoms with E-state index in [9.17, 15) is 14.4 Å². The predicted molar refractivity (Wildman–Crippen MR) is 49.9 cm³/mol. The van der Waals surface area contributed by atoms with Crippen molar-refractivity contribution in [1.29, 1.82) is 0 Å². The molecule has 0 saturated carbocycles. The molecular formula is C8H8N3O4+. The summed E-state index contributed by atoms with van der Waals surface area (Å²) in [5.41, 5.74) is -0.724. The first-order chi connectivity index (χ1) is 7.08. The van der Waals surface area contributed by atoms with E-state index in [0.29, 0.717) is 12.0 Å². The van der Waals surface area contributed by atoms with Gasteiger partial charge in [-0.15, -0.1) is 0 Å². The van der Waals surface area contributed by atoms with Gasteiger partial charge in [-0.1, -0.05) is 0 Å². The molecule has 2 rings (SSSR count). The van der Waals surface area contributed by atoms with Crippen LogP contribution >= 0.6 is 0 Å². The van der Waals surface area contributed by atoms with Crippen LogP contribution in [0.15, 0.2) is 9.59 Å². The molecule has 0 aromatic carbocycles. The van der Waals surface area contributed by atoms with Crippen molar-refractivity contribution in [2.45, 2.75) is 6.42 Å². The minimum Gasteiger partial charge on any atom is -0.478 e. The molecule has 3 N–H and O–H groups in total. The molecule has 0 saturated heterocycles. The Morgan fingerprint density at radius 2 is 2.20 bits per heavy atom. The maximum absolute atomic E-state index is 11.3. The standard InChI is InChI=1S/C8H7N3O4/c12-5(13)3-11-2-1-4-6(11)9-8(15)10-7(4)14/h2H,1,3H2,(H2-,9,10,12,13,14,15)/p+1. The lowest BCUT2D eigenvalue weighted by Gasteiger charge is -1.96. The van der Waals surface area contributed by atoms with E-state index in [1.54, 1.807) is 6.21 Å². The molecule has 7 nitrogen and oxygen atoms in total. The Balaban J connectivity index is 2.52. The van der Waals surface area contributed by atoms with Gasteiger partial charge in [0, 0.05) is 6.42 Å². The monoisotopic (exact) mass is 210 g/mol. The molecule has 2 heterocycles. The summed E-state index contributed by atoms with van der Waals surface area (Å²) in [4.78, 5) is 37.3. The lowest BCUT2D eigenvalue weighted by molar-refractivity contribution is -0.427. The molecule has 7 heteroatoms. The fourth-order valence-corrected chi connectivity index (χ4v) is 1.52. The van der Waals surface area contributed by atoms with Crippen molar-refractivity contribution in [3.8, 4) is 0 Å². The van der Waals surface area contributed by atoms with E-state index in [0.717, 1.165) is 0 Å². The average Bonchev–Trinajstić information content (AvgIpc) is 2.48. The van der Waals surface area contributed by atoms with Gasteiger partial charge in [0.1, 0.15) is 5.56 Å². The highest BCUT2D eigenvalue weighted by molar-refractivity contribution is 5.71. The van der Waals surface area contributed by atoms with Gasteiger partial charge in [0.25, 0.3) is 11.4 Å². The Kier molecular flexibility index (Phi) is 2.00. The summed E-state index contributed by atoms with van der Waals surface area (Å²) < 4.78 is 1.34. The third-order valence-electron chi connectivity index (χ3n) is 2.13. The molecule has 0 radical (unpaired) electrons. The van der Waals surface area contributed by atoms with Crippen LogP contribution in [0.1, 0.15) is 5.56 Å². The number of hydrogen-bond acceptors (Lipinski definition) is 3. The summed E-state index contributed by atoms with van der Waals surface area (Å²) in [5, 5.41) is 8.60. The first-order valence-electron chi connectivity index (χ1n) is 4.25. The zero-order valence-corrected chi connectivity index (χ0v) is 7.61. The number of hydrogen-bond donors (Lipinski definition) is 3. The number of carboxylic acid groups (broad SMARTS) is 1. The first kappa shape index (κ1) is 9.38. The summed E-state index contributed by atoms with van der Waals surface area (Å²) >= 11 is 0.